The van der Waals surface area contributed by atoms with Crippen LogP contribution >= 0.6 is 0 Å². The molecule has 7 nitrogen and oxygen atoms in total. The molecule has 1 atom stereocenters. The fraction of sp³-hybridized carbons (Fsp3) is 0.652. The molecule has 2 aliphatic heterocycles. The van der Waals surface area contributed by atoms with Crippen molar-refractivity contribution in [2.24, 2.45) is 10.9 Å². The summed E-state index contributed by atoms with van der Waals surface area (Å²) >= 11 is 0. The normalized spacial score (nSPS) is 22.3. The topological polar surface area (TPSA) is 66.4 Å². The molecule has 2 saturated heterocycles. The second kappa shape index (κ2) is 10.2. The molecule has 1 amide bonds. The number of piperazine rings is 1. The van der Waals surface area contributed by atoms with Gasteiger partial charge in [-0.3, -0.25) is 4.79 Å². The molecule has 1 N–H and O–H groups in total. The molecule has 1 saturated carbocycles. The molecule has 0 spiro atoms. The SMILES string of the molecule is CCNC(=NCc1ccccc1OCC1CC1)N1CCN(C(=O)C2CCCO2)CC1. The molecule has 0 bridgehead atoms. The monoisotopic (exact) mass is 414 g/mol. The molecule has 1 aromatic rings. The number of para-hydroxylation sites is 1. The van der Waals surface area contributed by atoms with Crippen LogP contribution in [0.15, 0.2) is 29.3 Å². The molecule has 2 heterocycles. The van der Waals surface area contributed by atoms with E-state index < -0.39 is 0 Å². The van der Waals surface area contributed by atoms with Crippen LogP contribution in [0.25, 0.3) is 0 Å². The molecule has 30 heavy (non-hydrogen) atoms. The van der Waals surface area contributed by atoms with E-state index in [1.54, 1.807) is 0 Å². The molecule has 1 aromatic carbocycles. The molecule has 164 valence electrons. The van der Waals surface area contributed by atoms with Gasteiger partial charge in [0.15, 0.2) is 5.96 Å². The lowest BCUT2D eigenvalue weighted by atomic mass is 10.2. The van der Waals surface area contributed by atoms with Crippen LogP contribution in [0.4, 0.5) is 0 Å². The Balaban J connectivity index is 1.34. The van der Waals surface area contributed by atoms with Gasteiger partial charge in [0.1, 0.15) is 11.9 Å². The van der Waals surface area contributed by atoms with Crippen LogP contribution in [-0.4, -0.2) is 73.7 Å². The van der Waals surface area contributed by atoms with Crippen LogP contribution < -0.4 is 10.1 Å². The van der Waals surface area contributed by atoms with Gasteiger partial charge in [0.25, 0.3) is 5.91 Å². The third-order valence-corrected chi connectivity index (χ3v) is 5.97. The summed E-state index contributed by atoms with van der Waals surface area (Å²) in [4.78, 5) is 21.7. The van der Waals surface area contributed by atoms with E-state index in [0.29, 0.717) is 26.2 Å². The lowest BCUT2D eigenvalue weighted by Crippen LogP contribution is -2.55. The van der Waals surface area contributed by atoms with Crippen molar-refractivity contribution in [2.45, 2.75) is 45.3 Å². The predicted molar refractivity (Wildman–Crippen MR) is 117 cm³/mol. The van der Waals surface area contributed by atoms with E-state index in [0.717, 1.165) is 62.3 Å². The first-order valence-electron chi connectivity index (χ1n) is 11.4. The summed E-state index contributed by atoms with van der Waals surface area (Å²) in [6.07, 6.45) is 4.18. The molecule has 0 radical (unpaired) electrons. The highest BCUT2D eigenvalue weighted by Gasteiger charge is 2.31. The number of rotatable bonds is 7. The molecule has 0 aromatic heterocycles. The predicted octanol–water partition coefficient (Wildman–Crippen LogP) is 2.26. The third kappa shape index (κ3) is 5.45. The maximum absolute atomic E-state index is 12.6. The Hall–Kier alpha value is -2.28. The number of carbonyl (C=O) groups is 1. The first-order chi connectivity index (χ1) is 14.7. The number of benzene rings is 1. The maximum atomic E-state index is 12.6. The van der Waals surface area contributed by atoms with E-state index in [-0.39, 0.29) is 12.0 Å². The van der Waals surface area contributed by atoms with Gasteiger partial charge in [0.05, 0.1) is 13.2 Å². The summed E-state index contributed by atoms with van der Waals surface area (Å²) in [5.41, 5.74) is 1.11. The highest BCUT2D eigenvalue weighted by atomic mass is 16.5. The number of nitrogens with one attached hydrogen (secondary N) is 1. The zero-order valence-electron chi connectivity index (χ0n) is 18.0. The number of aliphatic imine (C=N–C) groups is 1. The standard InChI is InChI=1S/C23H34N4O3/c1-2-24-23(25-16-19-6-3-4-7-20(19)30-17-18-9-10-18)27-13-11-26(12-14-27)22(28)21-8-5-15-29-21/h3-4,6-7,18,21H,2,5,8-17H2,1H3,(H,24,25). The number of carbonyl (C=O) groups excluding carboxylic acids is 1. The maximum Gasteiger partial charge on any atom is 0.251 e. The van der Waals surface area contributed by atoms with Crippen LogP contribution in [0.3, 0.4) is 0 Å². The molecule has 4 rings (SSSR count). The van der Waals surface area contributed by atoms with Gasteiger partial charge in [-0.1, -0.05) is 18.2 Å². The Morgan fingerprint density at radius 2 is 1.93 bits per heavy atom. The first kappa shape index (κ1) is 21.0. The van der Waals surface area contributed by atoms with E-state index in [2.05, 4.69) is 23.2 Å². The molecule has 1 unspecified atom stereocenters. The van der Waals surface area contributed by atoms with Crippen molar-refractivity contribution in [1.29, 1.82) is 0 Å². The lowest BCUT2D eigenvalue weighted by molar-refractivity contribution is -0.142. The van der Waals surface area contributed by atoms with Crippen LogP contribution in [0.5, 0.6) is 5.75 Å². The largest absolute Gasteiger partial charge is 0.493 e. The van der Waals surface area contributed by atoms with E-state index in [4.69, 9.17) is 14.5 Å². The number of amides is 1. The Kier molecular flexibility index (Phi) is 7.10. The second-order valence-corrected chi connectivity index (χ2v) is 8.35. The zero-order valence-corrected chi connectivity index (χ0v) is 18.0. The van der Waals surface area contributed by atoms with E-state index in [9.17, 15) is 4.79 Å². The fourth-order valence-electron chi connectivity index (χ4n) is 3.97. The van der Waals surface area contributed by atoms with Crippen molar-refractivity contribution >= 4 is 11.9 Å². The van der Waals surface area contributed by atoms with Crippen molar-refractivity contribution < 1.29 is 14.3 Å². The average Bonchev–Trinajstić information content (AvgIpc) is 3.46. The summed E-state index contributed by atoms with van der Waals surface area (Å²) in [5.74, 6) is 2.72. The average molecular weight is 415 g/mol. The van der Waals surface area contributed by atoms with Gasteiger partial charge in [-0.2, -0.15) is 0 Å². The number of nitrogens with zero attached hydrogens (tertiary/aromatic N) is 3. The number of hydrogen-bond donors (Lipinski definition) is 1. The lowest BCUT2D eigenvalue weighted by Gasteiger charge is -2.37. The van der Waals surface area contributed by atoms with Gasteiger partial charge in [-0.05, 0) is 44.6 Å². The van der Waals surface area contributed by atoms with Crippen LogP contribution in [0.1, 0.15) is 38.2 Å². The first-order valence-corrected chi connectivity index (χ1v) is 11.4. The minimum absolute atomic E-state index is 0.149. The minimum Gasteiger partial charge on any atom is -0.493 e. The van der Waals surface area contributed by atoms with E-state index in [1.165, 1.54) is 12.8 Å². The number of guanidine groups is 1. The second-order valence-electron chi connectivity index (χ2n) is 8.35. The molecule has 3 aliphatic rings. The fourth-order valence-corrected chi connectivity index (χ4v) is 3.97. The smallest absolute Gasteiger partial charge is 0.251 e. The van der Waals surface area contributed by atoms with Crippen molar-refractivity contribution in [1.82, 2.24) is 15.1 Å². The Morgan fingerprint density at radius 1 is 1.17 bits per heavy atom. The van der Waals surface area contributed by atoms with E-state index >= 15 is 0 Å². The van der Waals surface area contributed by atoms with Crippen molar-refractivity contribution in [3.63, 3.8) is 0 Å². The zero-order chi connectivity index (χ0) is 20.8. The number of hydrogen-bond acceptors (Lipinski definition) is 4. The van der Waals surface area contributed by atoms with Gasteiger partial charge in [-0.25, -0.2) is 4.99 Å². The summed E-state index contributed by atoms with van der Waals surface area (Å²) in [6, 6.07) is 8.19. The molecule has 3 fully saturated rings. The van der Waals surface area contributed by atoms with Gasteiger partial charge < -0.3 is 24.6 Å². The third-order valence-electron chi connectivity index (χ3n) is 5.97. The van der Waals surface area contributed by atoms with Gasteiger partial charge in [0, 0.05) is 44.9 Å². The van der Waals surface area contributed by atoms with Crippen molar-refractivity contribution in [3.05, 3.63) is 29.8 Å². The minimum atomic E-state index is -0.231. The van der Waals surface area contributed by atoms with Gasteiger partial charge >= 0.3 is 0 Å². The van der Waals surface area contributed by atoms with Gasteiger partial charge in [0.2, 0.25) is 0 Å². The summed E-state index contributed by atoms with van der Waals surface area (Å²) in [7, 11) is 0. The molecular formula is C23H34N4O3. The van der Waals surface area contributed by atoms with Crippen molar-refractivity contribution in [3.8, 4) is 5.75 Å². The van der Waals surface area contributed by atoms with Crippen molar-refractivity contribution in [2.75, 3.05) is 45.9 Å². The highest BCUT2D eigenvalue weighted by Crippen LogP contribution is 2.30. The van der Waals surface area contributed by atoms with Crippen LogP contribution in [0, 0.1) is 5.92 Å². The van der Waals surface area contributed by atoms with Gasteiger partial charge in [-0.15, -0.1) is 0 Å². The summed E-state index contributed by atoms with van der Waals surface area (Å²) in [5, 5.41) is 3.41. The van der Waals surface area contributed by atoms with Crippen LogP contribution in [-0.2, 0) is 16.1 Å². The summed E-state index contributed by atoms with van der Waals surface area (Å²) < 4.78 is 11.6. The highest BCUT2D eigenvalue weighted by molar-refractivity contribution is 5.83. The molecule has 7 heteroatoms. The Morgan fingerprint density at radius 3 is 2.63 bits per heavy atom. The summed E-state index contributed by atoms with van der Waals surface area (Å²) in [6.45, 7) is 7.98. The van der Waals surface area contributed by atoms with Crippen LogP contribution in [0.2, 0.25) is 0 Å². The number of ether oxygens (including phenoxy) is 2. The van der Waals surface area contributed by atoms with E-state index in [1.807, 2.05) is 23.1 Å². The molecule has 1 aliphatic carbocycles. The quantitative estimate of drug-likeness (QED) is 0.548. The Labute approximate surface area is 179 Å². The molecular weight excluding hydrogens is 380 g/mol. The Bertz CT molecular complexity index is 736.